The smallest absolute Gasteiger partial charge is 0.282 e. The average Bonchev–Trinajstić information content (AvgIpc) is 2.23. The van der Waals surface area contributed by atoms with Crippen molar-refractivity contribution >= 4 is 11.6 Å². The third kappa shape index (κ3) is 1.11. The van der Waals surface area contributed by atoms with Gasteiger partial charge in [0.1, 0.15) is 11.8 Å². The highest BCUT2D eigenvalue weighted by Crippen LogP contribution is 2.32. The van der Waals surface area contributed by atoms with E-state index in [1.807, 2.05) is 12.1 Å². The van der Waals surface area contributed by atoms with Crippen LogP contribution in [0.1, 0.15) is 0 Å². The van der Waals surface area contributed by atoms with E-state index in [4.69, 9.17) is 10.00 Å². The van der Waals surface area contributed by atoms with Gasteiger partial charge in [-0.25, -0.2) is 0 Å². The Hall–Kier alpha value is -2.02. The van der Waals surface area contributed by atoms with Crippen molar-refractivity contribution in [3.63, 3.8) is 0 Å². The molecule has 70 valence electrons. The first-order chi connectivity index (χ1) is 6.74. The first-order valence-corrected chi connectivity index (χ1v) is 4.17. The van der Waals surface area contributed by atoms with Crippen LogP contribution in [0.2, 0.25) is 0 Å². The topological polar surface area (TPSA) is 53.3 Å². The van der Waals surface area contributed by atoms with Crippen LogP contribution in [-0.2, 0) is 4.79 Å². The van der Waals surface area contributed by atoms with E-state index in [9.17, 15) is 4.79 Å². The standard InChI is InChI=1S/C10H8N2O2/c1-12-7-4-2-3-5-8(7)14-9(6-11)10(12)13/h2-5,9H,1H3. The molecule has 0 bridgehead atoms. The summed E-state index contributed by atoms with van der Waals surface area (Å²) in [5.74, 6) is 0.243. The highest BCUT2D eigenvalue weighted by molar-refractivity contribution is 6.01. The Morgan fingerprint density at radius 1 is 1.50 bits per heavy atom. The molecule has 4 nitrogen and oxygen atoms in total. The van der Waals surface area contributed by atoms with E-state index in [-0.39, 0.29) is 5.91 Å². The van der Waals surface area contributed by atoms with Crippen molar-refractivity contribution in [2.24, 2.45) is 0 Å². The van der Waals surface area contributed by atoms with Crippen molar-refractivity contribution < 1.29 is 9.53 Å². The number of nitrogens with zero attached hydrogens (tertiary/aromatic N) is 2. The van der Waals surface area contributed by atoms with Gasteiger partial charge >= 0.3 is 0 Å². The molecule has 0 N–H and O–H groups in total. The Kier molecular flexibility index (Phi) is 1.86. The number of carbonyl (C=O) groups is 1. The minimum Gasteiger partial charge on any atom is -0.463 e. The van der Waals surface area contributed by atoms with Crippen molar-refractivity contribution in [2.75, 3.05) is 11.9 Å². The van der Waals surface area contributed by atoms with Crippen LogP contribution in [0.15, 0.2) is 24.3 Å². The molecule has 4 heteroatoms. The van der Waals surface area contributed by atoms with Crippen LogP contribution >= 0.6 is 0 Å². The van der Waals surface area contributed by atoms with Gasteiger partial charge < -0.3 is 9.64 Å². The highest BCUT2D eigenvalue weighted by Gasteiger charge is 2.31. The lowest BCUT2D eigenvalue weighted by Crippen LogP contribution is -2.42. The zero-order valence-electron chi connectivity index (χ0n) is 7.60. The van der Waals surface area contributed by atoms with Gasteiger partial charge in [0.15, 0.2) is 0 Å². The van der Waals surface area contributed by atoms with E-state index in [0.717, 1.165) is 0 Å². The zero-order valence-corrected chi connectivity index (χ0v) is 7.60. The SMILES string of the molecule is CN1C(=O)C(C#N)Oc2ccccc21. The van der Waals surface area contributed by atoms with E-state index in [1.54, 1.807) is 25.2 Å². The molecule has 0 fully saturated rings. The maximum Gasteiger partial charge on any atom is 0.282 e. The first kappa shape index (κ1) is 8.57. The summed E-state index contributed by atoms with van der Waals surface area (Å²) in [6.45, 7) is 0. The zero-order chi connectivity index (χ0) is 10.1. The van der Waals surface area contributed by atoms with Gasteiger partial charge in [0.2, 0.25) is 0 Å². The Labute approximate surface area is 81.3 Å². The van der Waals surface area contributed by atoms with Gasteiger partial charge in [0.25, 0.3) is 12.0 Å². The summed E-state index contributed by atoms with van der Waals surface area (Å²) in [5.41, 5.74) is 0.698. The second-order valence-corrected chi connectivity index (χ2v) is 2.99. The summed E-state index contributed by atoms with van der Waals surface area (Å²) >= 11 is 0. The number of rotatable bonds is 0. The lowest BCUT2D eigenvalue weighted by atomic mass is 10.2. The molecule has 0 saturated heterocycles. The van der Waals surface area contributed by atoms with E-state index in [2.05, 4.69) is 0 Å². The van der Waals surface area contributed by atoms with Gasteiger partial charge in [0, 0.05) is 7.05 Å². The number of carbonyl (C=O) groups excluding carboxylic acids is 1. The maximum atomic E-state index is 11.5. The molecular weight excluding hydrogens is 180 g/mol. The molecule has 0 radical (unpaired) electrons. The molecule has 1 atom stereocenters. The molecule has 1 aliphatic heterocycles. The third-order valence-electron chi connectivity index (χ3n) is 2.14. The Morgan fingerprint density at radius 3 is 2.93 bits per heavy atom. The fourth-order valence-corrected chi connectivity index (χ4v) is 1.39. The van der Waals surface area contributed by atoms with Crippen LogP contribution in [0.25, 0.3) is 0 Å². The van der Waals surface area contributed by atoms with Gasteiger partial charge in [-0.1, -0.05) is 12.1 Å². The quantitative estimate of drug-likeness (QED) is 0.608. The van der Waals surface area contributed by atoms with E-state index >= 15 is 0 Å². The van der Waals surface area contributed by atoms with Gasteiger partial charge in [-0.2, -0.15) is 5.26 Å². The van der Waals surface area contributed by atoms with Crippen LogP contribution in [0, 0.1) is 11.3 Å². The van der Waals surface area contributed by atoms with Crippen LogP contribution in [-0.4, -0.2) is 19.1 Å². The molecule has 0 aliphatic carbocycles. The molecule has 0 spiro atoms. The monoisotopic (exact) mass is 188 g/mol. The summed E-state index contributed by atoms with van der Waals surface area (Å²) in [6, 6.07) is 8.95. The second kappa shape index (κ2) is 3.04. The van der Waals surface area contributed by atoms with Crippen molar-refractivity contribution in [3.05, 3.63) is 24.3 Å². The second-order valence-electron chi connectivity index (χ2n) is 2.99. The van der Waals surface area contributed by atoms with E-state index in [0.29, 0.717) is 11.4 Å². The normalized spacial score (nSPS) is 19.6. The molecule has 1 aromatic carbocycles. The number of fused-ring (bicyclic) bond motifs is 1. The van der Waals surface area contributed by atoms with E-state index < -0.39 is 6.10 Å². The molecule has 0 aromatic heterocycles. The summed E-state index contributed by atoms with van der Waals surface area (Å²) in [6.07, 6.45) is -1.02. The van der Waals surface area contributed by atoms with Crippen LogP contribution in [0.5, 0.6) is 5.75 Å². The fourth-order valence-electron chi connectivity index (χ4n) is 1.39. The molecule has 1 aliphatic rings. The number of nitriles is 1. The predicted octanol–water partition coefficient (Wildman–Crippen LogP) is 0.934. The van der Waals surface area contributed by atoms with Crippen LogP contribution in [0.4, 0.5) is 5.69 Å². The Bertz CT molecular complexity index is 422. The molecule has 1 unspecified atom stereocenters. The van der Waals surface area contributed by atoms with Crippen molar-refractivity contribution in [1.82, 2.24) is 0 Å². The third-order valence-corrected chi connectivity index (χ3v) is 2.14. The molecule has 14 heavy (non-hydrogen) atoms. The minimum absolute atomic E-state index is 0.328. The molecular formula is C10H8N2O2. The largest absolute Gasteiger partial charge is 0.463 e. The lowest BCUT2D eigenvalue weighted by molar-refractivity contribution is -0.123. The maximum absolute atomic E-state index is 11.5. The minimum atomic E-state index is -1.02. The molecule has 2 rings (SSSR count). The number of anilines is 1. The Morgan fingerprint density at radius 2 is 2.21 bits per heavy atom. The van der Waals surface area contributed by atoms with Gasteiger partial charge in [0.05, 0.1) is 5.69 Å². The van der Waals surface area contributed by atoms with E-state index in [1.165, 1.54) is 4.90 Å². The fraction of sp³-hybridized carbons (Fsp3) is 0.200. The molecule has 1 amide bonds. The number of amides is 1. The van der Waals surface area contributed by atoms with Crippen LogP contribution in [0.3, 0.4) is 0 Å². The molecule has 1 aromatic rings. The highest BCUT2D eigenvalue weighted by atomic mass is 16.5. The molecule has 0 saturated carbocycles. The van der Waals surface area contributed by atoms with Crippen molar-refractivity contribution in [1.29, 1.82) is 5.26 Å². The number of benzene rings is 1. The first-order valence-electron chi connectivity index (χ1n) is 4.17. The van der Waals surface area contributed by atoms with Gasteiger partial charge in [-0.3, -0.25) is 4.79 Å². The number of hydrogen-bond acceptors (Lipinski definition) is 3. The van der Waals surface area contributed by atoms with Crippen LogP contribution < -0.4 is 9.64 Å². The van der Waals surface area contributed by atoms with Crippen molar-refractivity contribution in [3.8, 4) is 11.8 Å². The lowest BCUT2D eigenvalue weighted by Gasteiger charge is -2.28. The molecule has 1 heterocycles. The summed E-state index contributed by atoms with van der Waals surface area (Å²) in [4.78, 5) is 12.9. The Balaban J connectivity index is 2.49. The number of likely N-dealkylation sites (N-methyl/N-ethyl adjacent to an activating group) is 1. The van der Waals surface area contributed by atoms with Gasteiger partial charge in [-0.15, -0.1) is 0 Å². The summed E-state index contributed by atoms with van der Waals surface area (Å²) < 4.78 is 5.21. The number of para-hydroxylation sites is 2. The van der Waals surface area contributed by atoms with Gasteiger partial charge in [-0.05, 0) is 12.1 Å². The summed E-state index contributed by atoms with van der Waals surface area (Å²) in [5, 5.41) is 8.68. The predicted molar refractivity (Wildman–Crippen MR) is 49.9 cm³/mol. The van der Waals surface area contributed by atoms with Crippen molar-refractivity contribution in [2.45, 2.75) is 6.10 Å². The summed E-state index contributed by atoms with van der Waals surface area (Å²) in [7, 11) is 1.63. The average molecular weight is 188 g/mol. The number of hydrogen-bond donors (Lipinski definition) is 0. The number of ether oxygens (including phenoxy) is 1.